The Hall–Kier alpha value is -2.25. The molecule has 0 aliphatic carbocycles. The number of aryl methyl sites for hydroxylation is 1. The van der Waals surface area contributed by atoms with Crippen LogP contribution in [0.1, 0.15) is 16.2 Å². The molecule has 1 aromatic carbocycles. The van der Waals surface area contributed by atoms with Gasteiger partial charge in [-0.05, 0) is 12.1 Å². The number of imidazole rings is 1. The molecule has 0 fully saturated rings. The summed E-state index contributed by atoms with van der Waals surface area (Å²) in [6, 6.07) is 1.89. The lowest BCUT2D eigenvalue weighted by Gasteiger charge is -2.05. The lowest BCUT2D eigenvalue weighted by molar-refractivity contribution is -0.146. The van der Waals surface area contributed by atoms with Crippen molar-refractivity contribution in [2.45, 2.75) is 6.18 Å². The second kappa shape index (κ2) is 3.62. The van der Waals surface area contributed by atoms with E-state index in [2.05, 4.69) is 4.98 Å². The number of benzene rings is 1. The first-order valence-corrected chi connectivity index (χ1v) is 4.71. The van der Waals surface area contributed by atoms with Gasteiger partial charge in [-0.3, -0.25) is 0 Å². The second-order valence-corrected chi connectivity index (χ2v) is 3.66. The van der Waals surface area contributed by atoms with Crippen LogP contribution in [0.15, 0.2) is 12.1 Å². The van der Waals surface area contributed by atoms with Crippen molar-refractivity contribution in [3.63, 3.8) is 0 Å². The minimum atomic E-state index is -4.68. The number of aromatic hydroxyl groups is 1. The number of fused-ring (bicyclic) bond motifs is 1. The van der Waals surface area contributed by atoms with Crippen LogP contribution in [-0.2, 0) is 13.2 Å². The van der Waals surface area contributed by atoms with E-state index >= 15 is 0 Å². The first kappa shape index (κ1) is 12.2. The number of carbonyl (C=O) groups is 1. The van der Waals surface area contributed by atoms with E-state index in [1.165, 1.54) is 0 Å². The van der Waals surface area contributed by atoms with Crippen LogP contribution < -0.4 is 0 Å². The molecule has 0 bridgehead atoms. The Bertz CT molecular complexity index is 646. The van der Waals surface area contributed by atoms with Crippen molar-refractivity contribution in [1.29, 1.82) is 0 Å². The van der Waals surface area contributed by atoms with Gasteiger partial charge in [0.1, 0.15) is 11.3 Å². The zero-order valence-corrected chi connectivity index (χ0v) is 8.99. The SMILES string of the molecule is Cn1c(C(F)(F)F)nc2c(O)cc(C(=O)O)cc21. The molecular formula is C10H7F3N2O3. The molecule has 0 aliphatic heterocycles. The maximum Gasteiger partial charge on any atom is 0.449 e. The van der Waals surface area contributed by atoms with E-state index < -0.39 is 23.7 Å². The van der Waals surface area contributed by atoms with Crippen molar-refractivity contribution in [2.75, 3.05) is 0 Å². The van der Waals surface area contributed by atoms with E-state index in [1.54, 1.807) is 0 Å². The predicted octanol–water partition coefficient (Wildman–Crippen LogP) is 2.00. The van der Waals surface area contributed by atoms with E-state index in [4.69, 9.17) is 5.11 Å². The lowest BCUT2D eigenvalue weighted by Crippen LogP contribution is -2.12. The molecule has 8 heteroatoms. The van der Waals surface area contributed by atoms with E-state index in [0.29, 0.717) is 4.57 Å². The average Bonchev–Trinajstić information content (AvgIpc) is 2.56. The molecule has 0 saturated heterocycles. The third-order valence-electron chi connectivity index (χ3n) is 2.47. The number of aromatic carboxylic acids is 1. The van der Waals surface area contributed by atoms with E-state index in [9.17, 15) is 23.1 Å². The summed E-state index contributed by atoms with van der Waals surface area (Å²) >= 11 is 0. The average molecular weight is 260 g/mol. The highest BCUT2D eigenvalue weighted by Crippen LogP contribution is 2.34. The molecule has 2 rings (SSSR count). The zero-order valence-electron chi connectivity index (χ0n) is 8.99. The number of alkyl halides is 3. The molecule has 0 radical (unpaired) electrons. The second-order valence-electron chi connectivity index (χ2n) is 3.66. The molecule has 0 amide bonds. The van der Waals surface area contributed by atoms with Gasteiger partial charge in [-0.1, -0.05) is 0 Å². The number of rotatable bonds is 1. The molecule has 2 aromatic rings. The molecule has 1 aromatic heterocycles. The quantitative estimate of drug-likeness (QED) is 0.822. The third kappa shape index (κ3) is 1.75. The number of nitrogens with zero attached hydrogens (tertiary/aromatic N) is 2. The van der Waals surface area contributed by atoms with Crippen LogP contribution in [0, 0.1) is 0 Å². The minimum absolute atomic E-state index is 0.0975. The van der Waals surface area contributed by atoms with Gasteiger partial charge in [0.25, 0.3) is 0 Å². The van der Waals surface area contributed by atoms with E-state index in [-0.39, 0.29) is 16.6 Å². The normalized spacial score (nSPS) is 12.0. The smallest absolute Gasteiger partial charge is 0.449 e. The van der Waals surface area contributed by atoms with Crippen LogP contribution in [0.3, 0.4) is 0 Å². The molecule has 0 unspecified atom stereocenters. The van der Waals surface area contributed by atoms with Crippen LogP contribution in [-0.4, -0.2) is 25.7 Å². The fourth-order valence-electron chi connectivity index (χ4n) is 1.65. The Morgan fingerprint density at radius 1 is 1.39 bits per heavy atom. The highest BCUT2D eigenvalue weighted by molar-refractivity contribution is 5.95. The van der Waals surface area contributed by atoms with E-state index in [0.717, 1.165) is 19.2 Å². The van der Waals surface area contributed by atoms with Gasteiger partial charge in [-0.2, -0.15) is 13.2 Å². The predicted molar refractivity (Wildman–Crippen MR) is 54.3 cm³/mol. The van der Waals surface area contributed by atoms with Crippen molar-refractivity contribution in [2.24, 2.45) is 7.05 Å². The van der Waals surface area contributed by atoms with Gasteiger partial charge < -0.3 is 14.8 Å². The van der Waals surface area contributed by atoms with Crippen molar-refractivity contribution in [1.82, 2.24) is 9.55 Å². The molecule has 0 atom stereocenters. The number of carboxylic acids is 1. The maximum absolute atomic E-state index is 12.6. The number of hydrogen-bond acceptors (Lipinski definition) is 3. The number of carboxylic acid groups (broad SMARTS) is 1. The Balaban J connectivity index is 2.81. The number of phenols is 1. The Morgan fingerprint density at radius 2 is 2.00 bits per heavy atom. The summed E-state index contributed by atoms with van der Waals surface area (Å²) in [5, 5.41) is 18.3. The Kier molecular flexibility index (Phi) is 2.46. The molecule has 0 saturated carbocycles. The van der Waals surface area contributed by atoms with Crippen LogP contribution in [0.4, 0.5) is 13.2 Å². The fourth-order valence-corrected chi connectivity index (χ4v) is 1.65. The monoisotopic (exact) mass is 260 g/mol. The van der Waals surface area contributed by atoms with E-state index in [1.807, 2.05) is 0 Å². The fraction of sp³-hybridized carbons (Fsp3) is 0.200. The molecule has 5 nitrogen and oxygen atoms in total. The number of hydrogen-bond donors (Lipinski definition) is 2. The minimum Gasteiger partial charge on any atom is -0.506 e. The van der Waals surface area contributed by atoms with Crippen molar-refractivity contribution in [3.8, 4) is 5.75 Å². The molecule has 2 N–H and O–H groups in total. The largest absolute Gasteiger partial charge is 0.506 e. The standard InChI is InChI=1S/C10H7F3N2O3/c1-15-5-2-4(8(17)18)3-6(16)7(5)14-9(15)10(11,12)13/h2-3,16H,1H3,(H,17,18). The van der Waals surface area contributed by atoms with Gasteiger partial charge in [0, 0.05) is 7.05 Å². The van der Waals surface area contributed by atoms with Crippen LogP contribution >= 0.6 is 0 Å². The zero-order chi connectivity index (χ0) is 13.7. The molecule has 1 heterocycles. The van der Waals surface area contributed by atoms with Crippen molar-refractivity contribution >= 4 is 17.0 Å². The topological polar surface area (TPSA) is 75.3 Å². The first-order valence-electron chi connectivity index (χ1n) is 4.71. The Labute approximate surface area is 98.1 Å². The highest BCUT2D eigenvalue weighted by Gasteiger charge is 2.37. The summed E-state index contributed by atoms with van der Waals surface area (Å²) in [7, 11) is 1.10. The van der Waals surface area contributed by atoms with Crippen LogP contribution in [0.5, 0.6) is 5.75 Å². The van der Waals surface area contributed by atoms with Gasteiger partial charge in [0.2, 0.25) is 5.82 Å². The van der Waals surface area contributed by atoms with Gasteiger partial charge in [-0.25, -0.2) is 9.78 Å². The van der Waals surface area contributed by atoms with Gasteiger partial charge >= 0.3 is 12.1 Å². The highest BCUT2D eigenvalue weighted by atomic mass is 19.4. The van der Waals surface area contributed by atoms with Crippen LogP contribution in [0.25, 0.3) is 11.0 Å². The molecule has 96 valence electrons. The molecular weight excluding hydrogens is 253 g/mol. The Morgan fingerprint density at radius 3 is 2.50 bits per heavy atom. The number of halogens is 3. The molecule has 0 aliphatic rings. The summed E-state index contributed by atoms with van der Waals surface area (Å²) in [5.74, 6) is -3.15. The van der Waals surface area contributed by atoms with Crippen LogP contribution in [0.2, 0.25) is 0 Å². The van der Waals surface area contributed by atoms with Gasteiger partial charge in [0.15, 0.2) is 0 Å². The summed E-state index contributed by atoms with van der Waals surface area (Å²) in [6.07, 6.45) is -4.68. The number of phenolic OH excluding ortho intramolecular Hbond substituents is 1. The van der Waals surface area contributed by atoms with Gasteiger partial charge in [0.05, 0.1) is 11.1 Å². The summed E-state index contributed by atoms with van der Waals surface area (Å²) < 4.78 is 38.5. The number of aromatic nitrogens is 2. The van der Waals surface area contributed by atoms with Crippen molar-refractivity contribution in [3.05, 3.63) is 23.5 Å². The maximum atomic E-state index is 12.6. The summed E-state index contributed by atoms with van der Waals surface area (Å²) in [6.45, 7) is 0. The first-order chi connectivity index (χ1) is 8.21. The lowest BCUT2D eigenvalue weighted by atomic mass is 10.2. The third-order valence-corrected chi connectivity index (χ3v) is 2.47. The van der Waals surface area contributed by atoms with Crippen molar-refractivity contribution < 1.29 is 28.2 Å². The van der Waals surface area contributed by atoms with Gasteiger partial charge in [-0.15, -0.1) is 0 Å². The molecule has 18 heavy (non-hydrogen) atoms. The summed E-state index contributed by atoms with van der Waals surface area (Å²) in [4.78, 5) is 14.0. The molecule has 0 spiro atoms. The summed E-state index contributed by atoms with van der Waals surface area (Å²) in [5.41, 5.74) is -0.689.